The number of ether oxygens (including phenoxy) is 1. The fraction of sp³-hybridized carbons (Fsp3) is 0.619. The second-order valence-corrected chi connectivity index (χ2v) is 11.0. The number of hydrogen-bond acceptors (Lipinski definition) is 6. The molecule has 0 unspecified atom stereocenters. The van der Waals surface area contributed by atoms with Crippen LogP contribution in [0.25, 0.3) is 0 Å². The lowest BCUT2D eigenvalue weighted by molar-refractivity contribution is -0.118. The molecule has 0 radical (unpaired) electrons. The van der Waals surface area contributed by atoms with Gasteiger partial charge in [-0.15, -0.1) is 12.4 Å². The van der Waals surface area contributed by atoms with E-state index in [0.717, 1.165) is 12.8 Å². The molecule has 33 heavy (non-hydrogen) atoms. The third kappa shape index (κ3) is 4.69. The van der Waals surface area contributed by atoms with Crippen molar-refractivity contribution in [3.8, 4) is 5.75 Å². The van der Waals surface area contributed by atoms with Gasteiger partial charge in [-0.05, 0) is 56.7 Å². The Balaban J connectivity index is 0.00000259. The lowest BCUT2D eigenvalue weighted by atomic mass is 9.99. The predicted molar refractivity (Wildman–Crippen MR) is 125 cm³/mol. The summed E-state index contributed by atoms with van der Waals surface area (Å²) in [5.41, 5.74) is 6.85. The molecule has 0 aliphatic carbocycles. The molecule has 4 aliphatic rings. The van der Waals surface area contributed by atoms with E-state index >= 15 is 0 Å². The molecule has 3 saturated heterocycles. The lowest BCUT2D eigenvalue weighted by Crippen LogP contribution is -2.57. The summed E-state index contributed by atoms with van der Waals surface area (Å²) in [6, 6.07) is 4.72. The van der Waals surface area contributed by atoms with Crippen LogP contribution in [0, 0.1) is 0 Å². The van der Waals surface area contributed by atoms with E-state index in [0.29, 0.717) is 55.8 Å². The Hall–Kier alpha value is -1.92. The number of carbonyl (C=O) groups excluding carboxylic acids is 2. The van der Waals surface area contributed by atoms with Gasteiger partial charge in [0.15, 0.2) is 6.61 Å². The van der Waals surface area contributed by atoms with Gasteiger partial charge in [-0.3, -0.25) is 9.59 Å². The number of nitrogens with two attached hydrogens (primary N) is 1. The first-order valence-corrected chi connectivity index (χ1v) is 12.6. The van der Waals surface area contributed by atoms with E-state index in [1.54, 1.807) is 26.8 Å². The highest BCUT2D eigenvalue weighted by Gasteiger charge is 2.49. The summed E-state index contributed by atoms with van der Waals surface area (Å²) in [7, 11) is -3.52. The maximum atomic E-state index is 13.3. The first kappa shape index (κ1) is 24.2. The Morgan fingerprint density at radius 3 is 2.45 bits per heavy atom. The minimum Gasteiger partial charge on any atom is -0.482 e. The topological polar surface area (TPSA) is 134 Å². The summed E-state index contributed by atoms with van der Waals surface area (Å²) in [5, 5.41) is 5.78. The first-order chi connectivity index (χ1) is 15.3. The van der Waals surface area contributed by atoms with Crippen molar-refractivity contribution >= 4 is 40.1 Å². The maximum absolute atomic E-state index is 13.3. The first-order valence-electron chi connectivity index (χ1n) is 11.2. The molecule has 2 bridgehead atoms. The largest absolute Gasteiger partial charge is 0.482 e. The van der Waals surface area contributed by atoms with E-state index in [1.165, 1.54) is 0 Å². The molecule has 1 aromatic carbocycles. The van der Waals surface area contributed by atoms with Gasteiger partial charge in [-0.1, -0.05) is 0 Å². The molecule has 3 atom stereocenters. The number of carbonyl (C=O) groups is 2. The van der Waals surface area contributed by atoms with E-state index in [-0.39, 0.29) is 55.0 Å². The number of fused-ring (bicyclic) bond motifs is 3. The van der Waals surface area contributed by atoms with Crippen molar-refractivity contribution < 1.29 is 22.7 Å². The minimum absolute atomic E-state index is 0. The van der Waals surface area contributed by atoms with Crippen molar-refractivity contribution in [2.45, 2.75) is 62.7 Å². The zero-order chi connectivity index (χ0) is 22.5. The van der Waals surface area contributed by atoms with Crippen molar-refractivity contribution in [2.75, 3.05) is 25.0 Å². The number of amides is 2. The average Bonchev–Trinajstić information content (AvgIpc) is 3.05. The SMILES string of the molecule is Cl.NC1CCN(S(=O)(=O)N2[C@@H]3CC[C@H]2C[C@@H](NC(=O)c2ccc4c(c2)NC(=O)CO4)C3)CC1. The minimum atomic E-state index is -3.52. The van der Waals surface area contributed by atoms with Crippen LogP contribution in [0.4, 0.5) is 5.69 Å². The number of rotatable bonds is 4. The van der Waals surface area contributed by atoms with E-state index in [4.69, 9.17) is 10.5 Å². The summed E-state index contributed by atoms with van der Waals surface area (Å²) in [6.07, 6.45) is 4.19. The van der Waals surface area contributed by atoms with E-state index in [9.17, 15) is 18.0 Å². The highest BCUT2D eigenvalue weighted by molar-refractivity contribution is 7.86. The van der Waals surface area contributed by atoms with Gasteiger partial charge >= 0.3 is 0 Å². The van der Waals surface area contributed by atoms with Gasteiger partial charge in [0.25, 0.3) is 22.0 Å². The van der Waals surface area contributed by atoms with Gasteiger partial charge in [-0.2, -0.15) is 17.0 Å². The lowest BCUT2D eigenvalue weighted by Gasteiger charge is -2.41. The number of hydrogen-bond donors (Lipinski definition) is 3. The molecule has 5 rings (SSSR count). The smallest absolute Gasteiger partial charge is 0.282 e. The van der Waals surface area contributed by atoms with Crippen molar-refractivity contribution in [3.63, 3.8) is 0 Å². The molecular weight excluding hydrogens is 470 g/mol. The molecular formula is C21H30ClN5O5S. The van der Waals surface area contributed by atoms with Gasteiger partial charge in [0, 0.05) is 42.8 Å². The van der Waals surface area contributed by atoms with Crippen LogP contribution in [0.1, 0.15) is 48.9 Å². The van der Waals surface area contributed by atoms with Crippen molar-refractivity contribution in [3.05, 3.63) is 23.8 Å². The van der Waals surface area contributed by atoms with Gasteiger partial charge in [-0.25, -0.2) is 0 Å². The van der Waals surface area contributed by atoms with Crippen molar-refractivity contribution in [1.29, 1.82) is 0 Å². The molecule has 12 heteroatoms. The number of anilines is 1. The standard InChI is InChI=1S/C21H29N5O5S.ClH/c22-14-5-7-25(8-6-14)32(29,30)26-16-2-3-17(26)11-15(10-16)23-21(28)13-1-4-19-18(9-13)24-20(27)12-31-19;/h1,4,9,14-17H,2-3,5-8,10-12,22H2,(H,23,28)(H,24,27);1H/t15-,16+,17-;. The highest BCUT2D eigenvalue weighted by Crippen LogP contribution is 2.39. The van der Waals surface area contributed by atoms with Crippen LogP contribution in [0.15, 0.2) is 18.2 Å². The van der Waals surface area contributed by atoms with Crippen molar-refractivity contribution in [1.82, 2.24) is 13.9 Å². The molecule has 0 spiro atoms. The molecule has 4 N–H and O–H groups in total. The van der Waals surface area contributed by atoms with E-state index in [2.05, 4.69) is 10.6 Å². The number of piperidine rings is 2. The fourth-order valence-corrected chi connectivity index (χ4v) is 7.44. The Bertz CT molecular complexity index is 1020. The summed E-state index contributed by atoms with van der Waals surface area (Å²) >= 11 is 0. The molecule has 4 aliphatic heterocycles. The Kier molecular flexibility index (Phi) is 6.88. The summed E-state index contributed by atoms with van der Waals surface area (Å²) in [5.74, 6) is 0.0469. The van der Waals surface area contributed by atoms with Crippen LogP contribution in [0.5, 0.6) is 5.75 Å². The Morgan fingerprint density at radius 1 is 1.12 bits per heavy atom. The van der Waals surface area contributed by atoms with Gasteiger partial charge in [0.05, 0.1) is 5.69 Å². The molecule has 2 amide bonds. The number of nitrogens with one attached hydrogen (secondary N) is 2. The average molecular weight is 500 g/mol. The molecule has 1 aromatic rings. The fourth-order valence-electron chi connectivity index (χ4n) is 5.36. The Labute approximate surface area is 199 Å². The highest BCUT2D eigenvalue weighted by atomic mass is 35.5. The second-order valence-electron chi connectivity index (χ2n) is 9.15. The number of halogens is 1. The normalized spacial score (nSPS) is 28.3. The monoisotopic (exact) mass is 499 g/mol. The third-order valence-electron chi connectivity index (χ3n) is 6.97. The van der Waals surface area contributed by atoms with Crippen LogP contribution in [-0.4, -0.2) is 72.7 Å². The van der Waals surface area contributed by atoms with Crippen LogP contribution in [0.3, 0.4) is 0 Å². The van der Waals surface area contributed by atoms with Crippen LogP contribution in [0.2, 0.25) is 0 Å². The van der Waals surface area contributed by atoms with Crippen LogP contribution < -0.4 is 21.1 Å². The quantitative estimate of drug-likeness (QED) is 0.561. The maximum Gasteiger partial charge on any atom is 0.282 e. The summed E-state index contributed by atoms with van der Waals surface area (Å²) in [6.45, 7) is 0.906. The second kappa shape index (κ2) is 9.38. The summed E-state index contributed by atoms with van der Waals surface area (Å²) < 4.78 is 35.2. The number of nitrogens with zero attached hydrogens (tertiary/aromatic N) is 2. The van der Waals surface area contributed by atoms with Gasteiger partial charge in [0.2, 0.25) is 0 Å². The van der Waals surface area contributed by atoms with E-state index < -0.39 is 10.2 Å². The number of benzene rings is 1. The van der Waals surface area contributed by atoms with Crippen LogP contribution >= 0.6 is 12.4 Å². The zero-order valence-corrected chi connectivity index (χ0v) is 19.9. The van der Waals surface area contributed by atoms with Gasteiger partial charge in [0.1, 0.15) is 5.75 Å². The molecule has 0 aromatic heterocycles. The molecule has 182 valence electrons. The van der Waals surface area contributed by atoms with Crippen molar-refractivity contribution in [2.24, 2.45) is 5.73 Å². The third-order valence-corrected chi connectivity index (χ3v) is 9.11. The van der Waals surface area contributed by atoms with Gasteiger partial charge < -0.3 is 21.1 Å². The Morgan fingerprint density at radius 2 is 1.79 bits per heavy atom. The predicted octanol–water partition coefficient (Wildman–Crippen LogP) is 0.832. The molecule has 4 heterocycles. The van der Waals surface area contributed by atoms with E-state index in [1.807, 2.05) is 0 Å². The van der Waals surface area contributed by atoms with Crippen LogP contribution in [-0.2, 0) is 15.0 Å². The summed E-state index contributed by atoms with van der Waals surface area (Å²) in [4.78, 5) is 24.4. The molecule has 3 fully saturated rings. The zero-order valence-electron chi connectivity index (χ0n) is 18.2. The molecule has 0 saturated carbocycles. The molecule has 10 nitrogen and oxygen atoms in total.